The molecule has 2 rings (SSSR count). The van der Waals surface area contributed by atoms with Gasteiger partial charge in [-0.1, -0.05) is 5.16 Å². The molecule has 0 aliphatic carbocycles. The van der Waals surface area contributed by atoms with Crippen LogP contribution in [0.5, 0.6) is 0 Å². The first-order chi connectivity index (χ1) is 6.77. The molecule has 0 radical (unpaired) electrons. The summed E-state index contributed by atoms with van der Waals surface area (Å²) in [6.45, 7) is 1.90. The van der Waals surface area contributed by atoms with E-state index in [0.717, 1.165) is 25.9 Å². The molecule has 1 saturated heterocycles. The van der Waals surface area contributed by atoms with E-state index in [1.165, 1.54) is 6.07 Å². The maximum absolute atomic E-state index is 10.6. The third kappa shape index (κ3) is 2.70. The zero-order valence-corrected chi connectivity index (χ0v) is 8.92. The highest BCUT2D eigenvalue weighted by Gasteiger charge is 2.21. The van der Waals surface area contributed by atoms with Crippen molar-refractivity contribution in [3.63, 3.8) is 0 Å². The van der Waals surface area contributed by atoms with Gasteiger partial charge in [0.05, 0.1) is 0 Å². The molecule has 6 heteroatoms. The van der Waals surface area contributed by atoms with Crippen molar-refractivity contribution in [2.75, 3.05) is 13.1 Å². The first-order valence-corrected chi connectivity index (χ1v) is 4.68. The predicted molar refractivity (Wildman–Crippen MR) is 55.6 cm³/mol. The highest BCUT2D eigenvalue weighted by atomic mass is 35.5. The Bertz CT molecular complexity index is 334. The van der Waals surface area contributed by atoms with Gasteiger partial charge in [0.25, 0.3) is 0 Å². The van der Waals surface area contributed by atoms with Crippen molar-refractivity contribution >= 4 is 18.4 Å². The normalized spacial score (nSPS) is 17.1. The number of hydrogen-bond acceptors (Lipinski definition) is 4. The second-order valence-electron chi connectivity index (χ2n) is 3.44. The Morgan fingerprint density at radius 3 is 2.73 bits per heavy atom. The summed E-state index contributed by atoms with van der Waals surface area (Å²) in [5, 5.41) is 15.4. The van der Waals surface area contributed by atoms with E-state index in [0.29, 0.717) is 11.7 Å². The van der Waals surface area contributed by atoms with Crippen LogP contribution in [0.25, 0.3) is 0 Å². The van der Waals surface area contributed by atoms with Gasteiger partial charge >= 0.3 is 5.97 Å². The Balaban J connectivity index is 0.00000112. The van der Waals surface area contributed by atoms with Gasteiger partial charge in [-0.3, -0.25) is 0 Å². The van der Waals surface area contributed by atoms with Crippen LogP contribution in [-0.4, -0.2) is 29.3 Å². The number of nitrogens with one attached hydrogen (secondary N) is 1. The molecule has 0 unspecified atom stereocenters. The molecule has 2 N–H and O–H groups in total. The Kier molecular flexibility index (Phi) is 4.11. The molecule has 0 atom stereocenters. The molecule has 2 heterocycles. The minimum Gasteiger partial charge on any atom is -0.476 e. The Hall–Kier alpha value is -1.07. The fourth-order valence-electron chi connectivity index (χ4n) is 1.69. The standard InChI is InChI=1S/C9H12N2O3.ClH/c12-9(13)7-5-8(14-11-7)6-1-3-10-4-2-6;/h5-6,10H,1-4H2,(H,12,13);1H. The van der Waals surface area contributed by atoms with Crippen LogP contribution < -0.4 is 5.32 Å². The minimum absolute atomic E-state index is 0. The summed E-state index contributed by atoms with van der Waals surface area (Å²) in [6, 6.07) is 1.53. The van der Waals surface area contributed by atoms with Crippen molar-refractivity contribution in [2.45, 2.75) is 18.8 Å². The molecule has 1 aromatic heterocycles. The number of carboxylic acid groups (broad SMARTS) is 1. The van der Waals surface area contributed by atoms with E-state index < -0.39 is 5.97 Å². The maximum Gasteiger partial charge on any atom is 0.358 e. The number of aromatic carboxylic acids is 1. The molecule has 0 aromatic carbocycles. The summed E-state index contributed by atoms with van der Waals surface area (Å²) in [4.78, 5) is 10.6. The minimum atomic E-state index is -1.03. The van der Waals surface area contributed by atoms with Crippen LogP contribution in [0, 0.1) is 0 Å². The van der Waals surface area contributed by atoms with Gasteiger partial charge in [0.15, 0.2) is 5.69 Å². The van der Waals surface area contributed by atoms with E-state index in [1.807, 2.05) is 0 Å². The van der Waals surface area contributed by atoms with Crippen molar-refractivity contribution in [3.05, 3.63) is 17.5 Å². The fourth-order valence-corrected chi connectivity index (χ4v) is 1.69. The van der Waals surface area contributed by atoms with Crippen LogP contribution in [0.15, 0.2) is 10.6 Å². The van der Waals surface area contributed by atoms with Gasteiger partial charge < -0.3 is 14.9 Å². The zero-order chi connectivity index (χ0) is 9.97. The molecule has 0 spiro atoms. The number of piperidine rings is 1. The summed E-state index contributed by atoms with van der Waals surface area (Å²) in [5.41, 5.74) is -0.00136. The average molecular weight is 233 g/mol. The molecule has 0 saturated carbocycles. The van der Waals surface area contributed by atoms with Gasteiger partial charge in [0.1, 0.15) is 5.76 Å². The number of carboxylic acids is 1. The van der Waals surface area contributed by atoms with Gasteiger partial charge in [0, 0.05) is 12.0 Å². The van der Waals surface area contributed by atoms with Gasteiger partial charge in [-0.15, -0.1) is 12.4 Å². The van der Waals surface area contributed by atoms with E-state index in [9.17, 15) is 4.79 Å². The maximum atomic E-state index is 10.6. The van der Waals surface area contributed by atoms with Crippen molar-refractivity contribution in [3.8, 4) is 0 Å². The van der Waals surface area contributed by atoms with Gasteiger partial charge in [0.2, 0.25) is 0 Å². The lowest BCUT2D eigenvalue weighted by atomic mass is 9.95. The SMILES string of the molecule is Cl.O=C(O)c1cc(C2CCNCC2)on1. The highest BCUT2D eigenvalue weighted by Crippen LogP contribution is 2.25. The third-order valence-electron chi connectivity index (χ3n) is 2.49. The summed E-state index contributed by atoms with van der Waals surface area (Å²) >= 11 is 0. The van der Waals surface area contributed by atoms with Crippen LogP contribution >= 0.6 is 12.4 Å². The number of aromatic nitrogens is 1. The second kappa shape index (κ2) is 5.14. The quantitative estimate of drug-likeness (QED) is 0.803. The number of nitrogens with zero attached hydrogens (tertiary/aromatic N) is 1. The van der Waals surface area contributed by atoms with E-state index >= 15 is 0 Å². The van der Waals surface area contributed by atoms with Crippen LogP contribution in [0.2, 0.25) is 0 Å². The molecule has 1 aliphatic heterocycles. The first-order valence-electron chi connectivity index (χ1n) is 4.68. The molecule has 0 bridgehead atoms. The van der Waals surface area contributed by atoms with Crippen molar-refractivity contribution in [1.82, 2.24) is 10.5 Å². The number of carbonyl (C=O) groups is 1. The third-order valence-corrected chi connectivity index (χ3v) is 2.49. The van der Waals surface area contributed by atoms with E-state index in [4.69, 9.17) is 9.63 Å². The topological polar surface area (TPSA) is 75.4 Å². The van der Waals surface area contributed by atoms with Crippen LogP contribution in [0.1, 0.15) is 35.0 Å². The van der Waals surface area contributed by atoms with Crippen molar-refractivity contribution in [2.24, 2.45) is 0 Å². The van der Waals surface area contributed by atoms with E-state index in [1.54, 1.807) is 0 Å². The van der Waals surface area contributed by atoms with Crippen LogP contribution in [-0.2, 0) is 0 Å². The smallest absolute Gasteiger partial charge is 0.358 e. The Morgan fingerprint density at radius 1 is 1.53 bits per heavy atom. The lowest BCUT2D eigenvalue weighted by molar-refractivity contribution is 0.0685. The zero-order valence-electron chi connectivity index (χ0n) is 8.10. The Morgan fingerprint density at radius 2 is 2.20 bits per heavy atom. The van der Waals surface area contributed by atoms with E-state index in [2.05, 4.69) is 10.5 Å². The summed E-state index contributed by atoms with van der Waals surface area (Å²) < 4.78 is 5.01. The molecular weight excluding hydrogens is 220 g/mol. The number of rotatable bonds is 2. The molecular formula is C9H13ClN2O3. The van der Waals surface area contributed by atoms with Crippen molar-refractivity contribution in [1.29, 1.82) is 0 Å². The molecule has 5 nitrogen and oxygen atoms in total. The van der Waals surface area contributed by atoms with Crippen molar-refractivity contribution < 1.29 is 14.4 Å². The summed E-state index contributed by atoms with van der Waals surface area (Å²) in [5.74, 6) is -0.0188. The molecule has 1 aromatic rings. The van der Waals surface area contributed by atoms with Crippen LogP contribution in [0.4, 0.5) is 0 Å². The van der Waals surface area contributed by atoms with E-state index in [-0.39, 0.29) is 18.1 Å². The molecule has 1 fully saturated rings. The number of halogens is 1. The molecule has 15 heavy (non-hydrogen) atoms. The van der Waals surface area contributed by atoms with Crippen LogP contribution in [0.3, 0.4) is 0 Å². The predicted octanol–water partition coefficient (Wildman–Crippen LogP) is 1.26. The summed E-state index contributed by atoms with van der Waals surface area (Å²) in [6.07, 6.45) is 1.96. The van der Waals surface area contributed by atoms with Gasteiger partial charge in [-0.05, 0) is 25.9 Å². The number of hydrogen-bond donors (Lipinski definition) is 2. The largest absolute Gasteiger partial charge is 0.476 e. The molecule has 1 aliphatic rings. The van der Waals surface area contributed by atoms with Gasteiger partial charge in [-0.2, -0.15) is 0 Å². The second-order valence-corrected chi connectivity index (χ2v) is 3.44. The highest BCUT2D eigenvalue weighted by molar-refractivity contribution is 5.85. The average Bonchev–Trinajstić information content (AvgIpc) is 2.68. The monoisotopic (exact) mass is 232 g/mol. The molecule has 0 amide bonds. The lowest BCUT2D eigenvalue weighted by Crippen LogP contribution is -2.26. The lowest BCUT2D eigenvalue weighted by Gasteiger charge is -2.19. The first kappa shape index (κ1) is 12.0. The fraction of sp³-hybridized carbons (Fsp3) is 0.556. The summed E-state index contributed by atoms with van der Waals surface area (Å²) in [7, 11) is 0. The van der Waals surface area contributed by atoms with Gasteiger partial charge in [-0.25, -0.2) is 4.79 Å². The molecule has 84 valence electrons. The Labute approximate surface area is 93.2 Å².